The summed E-state index contributed by atoms with van der Waals surface area (Å²) in [6.45, 7) is 3.74. The Morgan fingerprint density at radius 1 is 1.30 bits per heavy atom. The van der Waals surface area contributed by atoms with E-state index in [9.17, 15) is 9.90 Å². The number of benzene rings is 1. The minimum absolute atomic E-state index is 0.255. The molecule has 0 bridgehead atoms. The Hall–Kier alpha value is -1.51. The molecule has 0 amide bonds. The molecule has 0 saturated carbocycles. The van der Waals surface area contributed by atoms with Crippen LogP contribution in [0.15, 0.2) is 30.3 Å². The first kappa shape index (κ1) is 16.4. The van der Waals surface area contributed by atoms with Gasteiger partial charge in [-0.15, -0.1) is 0 Å². The normalized spacial score (nSPS) is 33.3. The zero-order valence-corrected chi connectivity index (χ0v) is 12.9. The Balaban J connectivity index is 1.75. The quantitative estimate of drug-likeness (QED) is 0.830. The molecule has 1 aromatic rings. The summed E-state index contributed by atoms with van der Waals surface area (Å²) in [7, 11) is 0. The van der Waals surface area contributed by atoms with Gasteiger partial charge >= 0.3 is 5.97 Å². The van der Waals surface area contributed by atoms with E-state index in [0.717, 1.165) is 5.56 Å². The number of hydrogen-bond acceptors (Lipinski definition) is 6. The van der Waals surface area contributed by atoms with Crippen LogP contribution in [0.2, 0.25) is 0 Å². The number of carbonyl (C=O) groups is 1. The van der Waals surface area contributed by atoms with Crippen molar-refractivity contribution in [3.8, 4) is 0 Å². The summed E-state index contributed by atoms with van der Waals surface area (Å²) in [5.74, 6) is -2.22. The number of aliphatic carboxylic acids is 1. The van der Waals surface area contributed by atoms with Crippen molar-refractivity contribution in [3.63, 3.8) is 0 Å². The number of hydrogen-bond donors (Lipinski definition) is 2. The van der Waals surface area contributed by atoms with Crippen LogP contribution in [0.3, 0.4) is 0 Å². The first-order valence-electron chi connectivity index (χ1n) is 7.45. The highest BCUT2D eigenvalue weighted by atomic mass is 16.8. The number of carboxylic acid groups (broad SMARTS) is 1. The van der Waals surface area contributed by atoms with Gasteiger partial charge in [0.25, 0.3) is 0 Å². The van der Waals surface area contributed by atoms with Gasteiger partial charge in [-0.3, -0.25) is 0 Å². The highest BCUT2D eigenvalue weighted by Crippen LogP contribution is 2.39. The van der Waals surface area contributed by atoms with E-state index in [1.54, 1.807) is 13.8 Å². The smallest absolute Gasteiger partial charge is 0.335 e. The van der Waals surface area contributed by atoms with Gasteiger partial charge in [0, 0.05) is 0 Å². The van der Waals surface area contributed by atoms with Gasteiger partial charge in [-0.1, -0.05) is 30.3 Å². The van der Waals surface area contributed by atoms with Crippen molar-refractivity contribution in [2.24, 2.45) is 0 Å². The molecule has 3 rings (SSSR count). The van der Waals surface area contributed by atoms with Gasteiger partial charge in [-0.25, -0.2) is 4.79 Å². The molecule has 23 heavy (non-hydrogen) atoms. The van der Waals surface area contributed by atoms with Gasteiger partial charge in [0.15, 0.2) is 18.2 Å². The van der Waals surface area contributed by atoms with Crippen LogP contribution < -0.4 is 0 Å². The minimum atomic E-state index is -1.71. The van der Waals surface area contributed by atoms with Crippen LogP contribution >= 0.6 is 0 Å². The maximum absolute atomic E-state index is 11.1. The second kappa shape index (κ2) is 6.18. The minimum Gasteiger partial charge on any atom is -0.479 e. The first-order chi connectivity index (χ1) is 10.9. The van der Waals surface area contributed by atoms with Crippen LogP contribution in [-0.2, 0) is 30.3 Å². The second-order valence-electron chi connectivity index (χ2n) is 6.11. The van der Waals surface area contributed by atoms with Gasteiger partial charge < -0.3 is 29.2 Å². The van der Waals surface area contributed by atoms with Crippen LogP contribution in [0.25, 0.3) is 0 Å². The van der Waals surface area contributed by atoms with E-state index >= 15 is 0 Å². The van der Waals surface area contributed by atoms with Gasteiger partial charge in [-0.2, -0.15) is 0 Å². The summed E-state index contributed by atoms with van der Waals surface area (Å²) >= 11 is 0. The molecule has 0 aromatic heterocycles. The molecule has 0 aliphatic carbocycles. The molecule has 2 N–H and O–H groups in total. The third kappa shape index (κ3) is 3.39. The first-order valence-corrected chi connectivity index (χ1v) is 7.45. The lowest BCUT2D eigenvalue weighted by atomic mass is 10.1. The number of aliphatic hydroxyl groups excluding tert-OH is 1. The van der Waals surface area contributed by atoms with Crippen LogP contribution in [0.4, 0.5) is 0 Å². The van der Waals surface area contributed by atoms with Crippen LogP contribution in [0.1, 0.15) is 19.4 Å². The molecule has 7 nitrogen and oxygen atoms in total. The highest BCUT2D eigenvalue weighted by molar-refractivity contribution is 5.73. The molecule has 5 atom stereocenters. The predicted molar refractivity (Wildman–Crippen MR) is 77.4 cm³/mol. The van der Waals surface area contributed by atoms with E-state index in [1.807, 2.05) is 30.3 Å². The Bertz CT molecular complexity index is 559. The molecule has 2 saturated heterocycles. The highest BCUT2D eigenvalue weighted by Gasteiger charge is 2.58. The Kier molecular flexibility index (Phi) is 4.39. The molecule has 2 fully saturated rings. The summed E-state index contributed by atoms with van der Waals surface area (Å²) < 4.78 is 22.7. The maximum Gasteiger partial charge on any atom is 0.335 e. The van der Waals surface area contributed by atoms with Crippen molar-refractivity contribution < 1.29 is 34.0 Å². The molecule has 0 spiro atoms. The molecule has 0 unspecified atom stereocenters. The van der Waals surface area contributed by atoms with Crippen LogP contribution in [0, 0.1) is 0 Å². The third-order valence-corrected chi connectivity index (χ3v) is 3.88. The van der Waals surface area contributed by atoms with Crippen molar-refractivity contribution >= 4 is 5.97 Å². The molecule has 0 radical (unpaired) electrons. The van der Waals surface area contributed by atoms with E-state index in [0.29, 0.717) is 0 Å². The van der Waals surface area contributed by atoms with E-state index in [1.165, 1.54) is 0 Å². The number of fused-ring (bicyclic) bond motifs is 1. The molecule has 2 aliphatic rings. The lowest BCUT2D eigenvalue weighted by Gasteiger charge is -2.27. The van der Waals surface area contributed by atoms with Gasteiger partial charge in [0.1, 0.15) is 18.3 Å². The lowest BCUT2D eigenvalue weighted by Crippen LogP contribution is -2.45. The SMILES string of the molecule is CC1(C)O[C@@H]2O[C@H]([C@@H](O)C(=O)O)[C@H](OCc3ccccc3)[C@H]2O1. The van der Waals surface area contributed by atoms with E-state index in [-0.39, 0.29) is 6.61 Å². The number of rotatable bonds is 5. The van der Waals surface area contributed by atoms with Crippen LogP contribution in [0.5, 0.6) is 0 Å². The summed E-state index contributed by atoms with van der Waals surface area (Å²) in [6.07, 6.45) is -4.86. The van der Waals surface area contributed by atoms with Crippen LogP contribution in [-0.4, -0.2) is 52.7 Å². The molecular weight excluding hydrogens is 304 g/mol. The van der Waals surface area contributed by atoms with Gasteiger partial charge in [0.05, 0.1) is 6.61 Å². The predicted octanol–water partition coefficient (Wildman–Crippen LogP) is 0.894. The fourth-order valence-electron chi connectivity index (χ4n) is 2.86. The lowest BCUT2D eigenvalue weighted by molar-refractivity contribution is -0.231. The van der Waals surface area contributed by atoms with Crippen molar-refractivity contribution in [2.45, 2.75) is 56.9 Å². The molecule has 126 valence electrons. The third-order valence-electron chi connectivity index (χ3n) is 3.88. The topological polar surface area (TPSA) is 94.5 Å². The zero-order valence-electron chi connectivity index (χ0n) is 12.9. The summed E-state index contributed by atoms with van der Waals surface area (Å²) in [5, 5.41) is 18.9. The van der Waals surface area contributed by atoms with Gasteiger partial charge in [-0.05, 0) is 19.4 Å². The van der Waals surface area contributed by atoms with E-state index in [4.69, 9.17) is 24.1 Å². The van der Waals surface area contributed by atoms with E-state index in [2.05, 4.69) is 0 Å². The fourth-order valence-corrected chi connectivity index (χ4v) is 2.86. The summed E-state index contributed by atoms with van der Waals surface area (Å²) in [5.41, 5.74) is 0.928. The average molecular weight is 324 g/mol. The number of carboxylic acids is 1. The summed E-state index contributed by atoms with van der Waals surface area (Å²) in [6, 6.07) is 9.45. The van der Waals surface area contributed by atoms with Gasteiger partial charge in [0.2, 0.25) is 0 Å². The fraction of sp³-hybridized carbons (Fsp3) is 0.562. The monoisotopic (exact) mass is 324 g/mol. The Labute approximate surface area is 133 Å². The van der Waals surface area contributed by atoms with Crippen molar-refractivity contribution in [1.29, 1.82) is 0 Å². The van der Waals surface area contributed by atoms with E-state index < -0.39 is 42.5 Å². The maximum atomic E-state index is 11.1. The molecule has 1 aromatic carbocycles. The van der Waals surface area contributed by atoms with Crippen molar-refractivity contribution in [3.05, 3.63) is 35.9 Å². The Morgan fingerprint density at radius 2 is 2.00 bits per heavy atom. The zero-order chi connectivity index (χ0) is 16.6. The molecule has 2 aliphatic heterocycles. The largest absolute Gasteiger partial charge is 0.479 e. The number of ether oxygens (including phenoxy) is 4. The average Bonchev–Trinajstić information content (AvgIpc) is 2.97. The van der Waals surface area contributed by atoms with Crippen molar-refractivity contribution in [1.82, 2.24) is 0 Å². The van der Waals surface area contributed by atoms with Crippen molar-refractivity contribution in [2.75, 3.05) is 0 Å². The second-order valence-corrected chi connectivity index (χ2v) is 6.11. The summed E-state index contributed by atoms with van der Waals surface area (Å²) in [4.78, 5) is 11.1. The molecule has 2 heterocycles. The number of aliphatic hydroxyl groups is 1. The standard InChI is InChI=1S/C16H20O7/c1-16(2)22-13-12(20-8-9-6-4-3-5-7-9)11(10(17)14(18)19)21-15(13)23-16/h3-7,10-13,15,17H,8H2,1-2H3,(H,18,19)/t10-,11-,12+,13-,15+/m1/s1. The molecular formula is C16H20O7. The Morgan fingerprint density at radius 3 is 2.65 bits per heavy atom. The molecule has 7 heteroatoms.